The predicted molar refractivity (Wildman–Crippen MR) is 80.9 cm³/mol. The van der Waals surface area contributed by atoms with E-state index >= 15 is 0 Å². The lowest BCUT2D eigenvalue weighted by atomic mass is 9.91. The highest BCUT2D eigenvalue weighted by atomic mass is 16.4. The Balaban J connectivity index is 2.17. The van der Waals surface area contributed by atoms with Crippen LogP contribution in [-0.2, 0) is 9.59 Å². The summed E-state index contributed by atoms with van der Waals surface area (Å²) in [6, 6.07) is 0.136. The predicted octanol–water partition coefficient (Wildman–Crippen LogP) is -0.393. The van der Waals surface area contributed by atoms with Gasteiger partial charge in [-0.3, -0.25) is 9.69 Å². The number of carbonyl (C=O) groups is 2. The average Bonchev–Trinajstić information content (AvgIpc) is 2.84. The fourth-order valence-corrected chi connectivity index (χ4v) is 3.10. The lowest BCUT2D eigenvalue weighted by molar-refractivity contribution is -0.155. The first-order valence-electron chi connectivity index (χ1n) is 7.77. The second-order valence-corrected chi connectivity index (χ2v) is 6.19. The Hall–Kier alpha value is -1.44. The number of carboxylic acids is 1. The molecule has 7 nitrogen and oxygen atoms in total. The molecule has 7 heteroatoms. The summed E-state index contributed by atoms with van der Waals surface area (Å²) in [6.07, 6.45) is 0.725. The van der Waals surface area contributed by atoms with E-state index in [-0.39, 0.29) is 24.2 Å². The van der Waals surface area contributed by atoms with Crippen LogP contribution in [0.1, 0.15) is 26.7 Å². The molecule has 2 rings (SSSR count). The van der Waals surface area contributed by atoms with Gasteiger partial charge in [-0.2, -0.15) is 0 Å². The maximum Gasteiger partial charge on any atom is 0.352 e. The van der Waals surface area contributed by atoms with E-state index in [1.807, 2.05) is 6.92 Å². The van der Waals surface area contributed by atoms with Crippen molar-refractivity contribution in [2.24, 2.45) is 11.7 Å². The van der Waals surface area contributed by atoms with Gasteiger partial charge >= 0.3 is 5.97 Å². The summed E-state index contributed by atoms with van der Waals surface area (Å²) in [5.74, 6) is -1.89. The minimum atomic E-state index is -1.09. The number of hydrogen-bond donors (Lipinski definition) is 3. The number of amides is 1. The van der Waals surface area contributed by atoms with Gasteiger partial charge in [0.15, 0.2) is 0 Å². The van der Waals surface area contributed by atoms with Crippen LogP contribution in [0.25, 0.3) is 0 Å². The third-order valence-electron chi connectivity index (χ3n) is 4.50. The van der Waals surface area contributed by atoms with Crippen LogP contribution in [-0.4, -0.2) is 70.2 Å². The van der Waals surface area contributed by atoms with Gasteiger partial charge in [0.05, 0.1) is 12.0 Å². The highest BCUT2D eigenvalue weighted by molar-refractivity contribution is 5.97. The number of likely N-dealkylation sites (tertiary alicyclic amines) is 2. The maximum atomic E-state index is 12.1. The van der Waals surface area contributed by atoms with E-state index in [0.29, 0.717) is 13.0 Å². The van der Waals surface area contributed by atoms with Crippen molar-refractivity contribution in [3.05, 3.63) is 11.3 Å². The Bertz CT molecular complexity index is 489. The number of aliphatic hydroxyl groups excluding tert-OH is 1. The molecule has 2 saturated heterocycles. The van der Waals surface area contributed by atoms with E-state index in [4.69, 9.17) is 5.73 Å². The summed E-state index contributed by atoms with van der Waals surface area (Å²) in [4.78, 5) is 27.1. The molecule has 0 aromatic carbocycles. The van der Waals surface area contributed by atoms with Crippen molar-refractivity contribution >= 4 is 11.9 Å². The summed E-state index contributed by atoms with van der Waals surface area (Å²) in [5.41, 5.74) is 6.69. The summed E-state index contributed by atoms with van der Waals surface area (Å²) in [6.45, 7) is 5.83. The molecule has 4 N–H and O–H groups in total. The van der Waals surface area contributed by atoms with E-state index in [2.05, 4.69) is 4.90 Å². The van der Waals surface area contributed by atoms with Gasteiger partial charge in [0, 0.05) is 32.2 Å². The van der Waals surface area contributed by atoms with Crippen LogP contribution in [0.2, 0.25) is 0 Å². The van der Waals surface area contributed by atoms with E-state index in [9.17, 15) is 19.8 Å². The number of nitrogens with two attached hydrogens (primary N) is 1. The van der Waals surface area contributed by atoms with Crippen LogP contribution < -0.4 is 5.73 Å². The lowest BCUT2D eigenvalue weighted by Gasteiger charge is -2.41. The van der Waals surface area contributed by atoms with Crippen LogP contribution in [0.5, 0.6) is 0 Å². The SMILES string of the molecule is CC/C(CN1CC[C@H](N)C1)=C(/C(=O)O)N1CC([C@@H](C)O)C1=O. The monoisotopic (exact) mass is 311 g/mol. The molecule has 0 aromatic heterocycles. The zero-order chi connectivity index (χ0) is 16.4. The van der Waals surface area contributed by atoms with E-state index < -0.39 is 18.0 Å². The second-order valence-electron chi connectivity index (χ2n) is 6.19. The quantitative estimate of drug-likeness (QED) is 0.455. The molecule has 2 aliphatic heterocycles. The number of nitrogens with zero attached hydrogens (tertiary/aromatic N) is 2. The molecule has 2 aliphatic rings. The molecule has 3 atom stereocenters. The third kappa shape index (κ3) is 3.31. The molecule has 0 saturated carbocycles. The van der Waals surface area contributed by atoms with E-state index in [1.54, 1.807) is 6.92 Å². The van der Waals surface area contributed by atoms with Crippen molar-refractivity contribution in [3.63, 3.8) is 0 Å². The maximum absolute atomic E-state index is 12.1. The topological polar surface area (TPSA) is 107 Å². The molecule has 1 amide bonds. The Labute approximate surface area is 130 Å². The summed E-state index contributed by atoms with van der Waals surface area (Å²) in [7, 11) is 0. The van der Waals surface area contributed by atoms with Gasteiger partial charge in [-0.15, -0.1) is 0 Å². The molecule has 0 aromatic rings. The number of carboxylic acid groups (broad SMARTS) is 1. The van der Waals surface area contributed by atoms with Crippen molar-refractivity contribution in [2.45, 2.75) is 38.8 Å². The average molecular weight is 311 g/mol. The Morgan fingerprint density at radius 3 is 2.55 bits per heavy atom. The Morgan fingerprint density at radius 2 is 2.14 bits per heavy atom. The third-order valence-corrected chi connectivity index (χ3v) is 4.50. The first-order chi connectivity index (χ1) is 10.3. The molecule has 22 heavy (non-hydrogen) atoms. The van der Waals surface area contributed by atoms with Gasteiger partial charge in [0.2, 0.25) is 5.91 Å². The summed E-state index contributed by atoms with van der Waals surface area (Å²) in [5, 5.41) is 19.0. The fourth-order valence-electron chi connectivity index (χ4n) is 3.10. The van der Waals surface area contributed by atoms with Crippen LogP contribution >= 0.6 is 0 Å². The molecule has 2 heterocycles. The van der Waals surface area contributed by atoms with E-state index in [1.165, 1.54) is 4.90 Å². The normalized spacial score (nSPS) is 28.4. The van der Waals surface area contributed by atoms with Crippen molar-refractivity contribution in [3.8, 4) is 0 Å². The number of hydrogen-bond acceptors (Lipinski definition) is 5. The highest BCUT2D eigenvalue weighted by Gasteiger charge is 2.44. The lowest BCUT2D eigenvalue weighted by Crippen LogP contribution is -2.57. The van der Waals surface area contributed by atoms with Crippen LogP contribution in [0.4, 0.5) is 0 Å². The standard InChI is InChI=1S/C15H25N3O4/c1-3-10(6-17-5-4-11(16)7-17)13(15(21)22)18-8-12(9(2)19)14(18)20/h9,11-12,19H,3-8,16H2,1-2H3,(H,21,22)/b13-10+/t9-,11+,12?/m1/s1. The molecule has 2 fully saturated rings. The van der Waals surface area contributed by atoms with Gasteiger partial charge in [0.1, 0.15) is 5.70 Å². The van der Waals surface area contributed by atoms with Crippen LogP contribution in [0.3, 0.4) is 0 Å². The summed E-state index contributed by atoms with van der Waals surface area (Å²) < 4.78 is 0. The van der Waals surface area contributed by atoms with Crippen molar-refractivity contribution < 1.29 is 19.8 Å². The first kappa shape index (κ1) is 16.9. The number of β-lactam (4-membered cyclic amide) rings is 1. The fraction of sp³-hybridized carbons (Fsp3) is 0.733. The number of rotatable bonds is 6. The van der Waals surface area contributed by atoms with Crippen molar-refractivity contribution in [1.82, 2.24) is 9.80 Å². The number of carbonyl (C=O) groups excluding carboxylic acids is 1. The van der Waals surface area contributed by atoms with Gasteiger partial charge in [-0.05, 0) is 25.3 Å². The van der Waals surface area contributed by atoms with Gasteiger partial charge in [-0.1, -0.05) is 6.92 Å². The van der Waals surface area contributed by atoms with Crippen molar-refractivity contribution in [2.75, 3.05) is 26.2 Å². The molecule has 0 bridgehead atoms. The van der Waals surface area contributed by atoms with Crippen LogP contribution in [0, 0.1) is 5.92 Å². The van der Waals surface area contributed by atoms with Crippen LogP contribution in [0.15, 0.2) is 11.3 Å². The largest absolute Gasteiger partial charge is 0.477 e. The number of aliphatic carboxylic acids is 1. The molecule has 0 spiro atoms. The smallest absolute Gasteiger partial charge is 0.352 e. The van der Waals surface area contributed by atoms with Gasteiger partial charge < -0.3 is 20.8 Å². The highest BCUT2D eigenvalue weighted by Crippen LogP contribution is 2.29. The molecular formula is C15H25N3O4. The molecule has 124 valence electrons. The number of aliphatic hydroxyl groups is 1. The molecular weight excluding hydrogens is 286 g/mol. The second kappa shape index (κ2) is 6.76. The zero-order valence-electron chi connectivity index (χ0n) is 13.2. The molecule has 0 radical (unpaired) electrons. The minimum absolute atomic E-state index is 0.0740. The Kier molecular flexibility index (Phi) is 5.20. The van der Waals surface area contributed by atoms with E-state index in [0.717, 1.165) is 25.1 Å². The van der Waals surface area contributed by atoms with Crippen molar-refractivity contribution in [1.29, 1.82) is 0 Å². The molecule has 1 unspecified atom stereocenters. The Morgan fingerprint density at radius 1 is 1.45 bits per heavy atom. The minimum Gasteiger partial charge on any atom is -0.477 e. The zero-order valence-corrected chi connectivity index (χ0v) is 13.2. The van der Waals surface area contributed by atoms with Gasteiger partial charge in [0.25, 0.3) is 0 Å². The first-order valence-corrected chi connectivity index (χ1v) is 7.77. The molecule has 0 aliphatic carbocycles. The van der Waals surface area contributed by atoms with Gasteiger partial charge in [-0.25, -0.2) is 4.79 Å². The summed E-state index contributed by atoms with van der Waals surface area (Å²) >= 11 is 0.